The number of aliphatic carboxylic acids is 1. The first-order valence-corrected chi connectivity index (χ1v) is 8.69. The molecule has 0 saturated carbocycles. The molecule has 2 aliphatic rings. The number of carbonyl (C=O) groups excluding carboxylic acids is 1. The van der Waals surface area contributed by atoms with Crippen molar-refractivity contribution in [3.05, 3.63) is 18.1 Å². The van der Waals surface area contributed by atoms with Crippen molar-refractivity contribution in [2.24, 2.45) is 5.16 Å². The molecule has 0 bridgehead atoms. The van der Waals surface area contributed by atoms with Crippen LogP contribution in [0.15, 0.2) is 17.5 Å². The van der Waals surface area contributed by atoms with Gasteiger partial charge in [-0.3, -0.25) is 4.79 Å². The van der Waals surface area contributed by atoms with Crippen molar-refractivity contribution in [2.75, 3.05) is 25.0 Å². The van der Waals surface area contributed by atoms with Gasteiger partial charge in [-0.2, -0.15) is 26.3 Å². The molecule has 31 heavy (non-hydrogen) atoms. The van der Waals surface area contributed by atoms with Crippen LogP contribution in [-0.4, -0.2) is 64.6 Å². The van der Waals surface area contributed by atoms with E-state index in [2.05, 4.69) is 20.4 Å². The van der Waals surface area contributed by atoms with Gasteiger partial charge in [-0.1, -0.05) is 5.16 Å². The second kappa shape index (κ2) is 8.93. The van der Waals surface area contributed by atoms with Crippen LogP contribution < -0.4 is 10.2 Å². The first-order valence-electron chi connectivity index (χ1n) is 8.69. The van der Waals surface area contributed by atoms with Crippen molar-refractivity contribution in [3.63, 3.8) is 0 Å². The summed E-state index contributed by atoms with van der Waals surface area (Å²) in [7, 11) is 1.50. The molecule has 1 unspecified atom stereocenters. The molecule has 2 N–H and O–H groups in total. The maximum Gasteiger partial charge on any atom is 0.490 e. The molecule has 1 atom stereocenters. The van der Waals surface area contributed by atoms with E-state index >= 15 is 0 Å². The molecule has 9 nitrogen and oxygen atoms in total. The maximum absolute atomic E-state index is 12.8. The van der Waals surface area contributed by atoms with Crippen LogP contribution in [0.4, 0.5) is 32.2 Å². The van der Waals surface area contributed by atoms with Crippen molar-refractivity contribution in [2.45, 2.75) is 37.2 Å². The van der Waals surface area contributed by atoms with Gasteiger partial charge in [-0.15, -0.1) is 0 Å². The standard InChI is InChI=1S/C14H16F3N5O2.C2HF3O2/c1-18-12(23)9-6-13(24-21-9)3-2-4-22(7-13)11-5-10(14(15,16)17)19-8-20-11;3-2(4,5)1(6)7/h5,8H,2-4,6-7H2,1H3,(H,18,23);(H,6,7). The molecule has 1 fully saturated rings. The number of aromatic nitrogens is 2. The molecular formula is C16H17F6N5O4. The van der Waals surface area contributed by atoms with Crippen LogP contribution in [0.25, 0.3) is 0 Å². The van der Waals surface area contributed by atoms with Gasteiger partial charge in [0.05, 0.1) is 6.54 Å². The summed E-state index contributed by atoms with van der Waals surface area (Å²) in [6, 6.07) is 0.925. The van der Waals surface area contributed by atoms with Crippen molar-refractivity contribution in [1.29, 1.82) is 0 Å². The minimum atomic E-state index is -5.08. The molecule has 1 spiro atoms. The van der Waals surface area contributed by atoms with E-state index in [0.717, 1.165) is 12.4 Å². The van der Waals surface area contributed by atoms with Gasteiger partial charge in [0, 0.05) is 26.1 Å². The average molecular weight is 457 g/mol. The van der Waals surface area contributed by atoms with E-state index in [1.165, 1.54) is 7.05 Å². The number of amides is 1. The zero-order valence-electron chi connectivity index (χ0n) is 15.9. The third-order valence-corrected chi connectivity index (χ3v) is 4.38. The lowest BCUT2D eigenvalue weighted by Gasteiger charge is -2.38. The molecule has 2 aliphatic heterocycles. The Labute approximate surface area is 171 Å². The lowest BCUT2D eigenvalue weighted by Crippen LogP contribution is -2.49. The summed E-state index contributed by atoms with van der Waals surface area (Å²) in [5, 5.41) is 13.4. The van der Waals surface area contributed by atoms with Gasteiger partial charge >= 0.3 is 18.3 Å². The highest BCUT2D eigenvalue weighted by Crippen LogP contribution is 2.36. The second-order valence-electron chi connectivity index (χ2n) is 6.66. The fourth-order valence-corrected chi connectivity index (χ4v) is 2.98. The van der Waals surface area contributed by atoms with Gasteiger partial charge in [-0.05, 0) is 12.8 Å². The number of alkyl halides is 6. The predicted molar refractivity (Wildman–Crippen MR) is 92.1 cm³/mol. The SMILES string of the molecule is CNC(=O)C1=NOC2(CCCN(c3cc(C(F)(F)F)ncn3)C2)C1.O=C(O)C(F)(F)F. The van der Waals surface area contributed by atoms with Gasteiger partial charge in [0.15, 0.2) is 5.60 Å². The van der Waals surface area contributed by atoms with Crippen LogP contribution in [0.3, 0.4) is 0 Å². The Bertz CT molecular complexity index is 860. The lowest BCUT2D eigenvalue weighted by molar-refractivity contribution is -0.192. The lowest BCUT2D eigenvalue weighted by atomic mass is 9.88. The van der Waals surface area contributed by atoms with E-state index in [1.807, 2.05) is 0 Å². The highest BCUT2D eigenvalue weighted by molar-refractivity contribution is 6.39. The molecule has 1 amide bonds. The number of carbonyl (C=O) groups is 2. The van der Waals surface area contributed by atoms with Crippen molar-refractivity contribution < 1.29 is 45.9 Å². The Balaban J connectivity index is 0.000000423. The van der Waals surface area contributed by atoms with Crippen LogP contribution in [-0.2, 0) is 20.6 Å². The quantitative estimate of drug-likeness (QED) is 0.653. The van der Waals surface area contributed by atoms with Crippen molar-refractivity contribution in [3.8, 4) is 0 Å². The number of hydrogen-bond acceptors (Lipinski definition) is 7. The van der Waals surface area contributed by atoms with E-state index in [9.17, 15) is 31.1 Å². The smallest absolute Gasteiger partial charge is 0.475 e. The minimum Gasteiger partial charge on any atom is -0.475 e. The van der Waals surface area contributed by atoms with Crippen molar-refractivity contribution >= 4 is 23.4 Å². The monoisotopic (exact) mass is 457 g/mol. The first-order chi connectivity index (χ1) is 14.3. The van der Waals surface area contributed by atoms with E-state index in [-0.39, 0.29) is 17.4 Å². The van der Waals surface area contributed by atoms with Crippen molar-refractivity contribution in [1.82, 2.24) is 15.3 Å². The summed E-state index contributed by atoms with van der Waals surface area (Å²) >= 11 is 0. The number of carboxylic acid groups (broad SMARTS) is 1. The summed E-state index contributed by atoms with van der Waals surface area (Å²) in [6.07, 6.45) is -7.01. The normalized spacial score (nSPS) is 21.0. The molecule has 1 aromatic rings. The van der Waals surface area contributed by atoms with E-state index in [1.54, 1.807) is 4.90 Å². The van der Waals surface area contributed by atoms with Gasteiger partial charge in [0.25, 0.3) is 5.91 Å². The molecule has 172 valence electrons. The number of nitrogens with one attached hydrogen (secondary N) is 1. The molecule has 1 saturated heterocycles. The van der Waals surface area contributed by atoms with Crippen LogP contribution in [0.5, 0.6) is 0 Å². The molecular weight excluding hydrogens is 440 g/mol. The van der Waals surface area contributed by atoms with E-state index in [4.69, 9.17) is 14.7 Å². The molecule has 3 rings (SSSR count). The maximum atomic E-state index is 12.8. The molecule has 0 aromatic carbocycles. The van der Waals surface area contributed by atoms with Crippen LogP contribution in [0.1, 0.15) is 25.0 Å². The largest absolute Gasteiger partial charge is 0.490 e. The third-order valence-electron chi connectivity index (χ3n) is 4.38. The third kappa shape index (κ3) is 6.18. The van der Waals surface area contributed by atoms with Gasteiger partial charge in [-0.25, -0.2) is 14.8 Å². The second-order valence-corrected chi connectivity index (χ2v) is 6.66. The van der Waals surface area contributed by atoms with Crippen LogP contribution >= 0.6 is 0 Å². The number of oxime groups is 1. The zero-order chi connectivity index (χ0) is 23.4. The van der Waals surface area contributed by atoms with Gasteiger partial charge in [0.1, 0.15) is 23.6 Å². The number of halogens is 6. The Morgan fingerprint density at radius 3 is 2.42 bits per heavy atom. The molecule has 15 heteroatoms. The number of rotatable bonds is 2. The summed E-state index contributed by atoms with van der Waals surface area (Å²) < 4.78 is 70.2. The van der Waals surface area contributed by atoms with E-state index < -0.39 is 29.6 Å². The number of hydrogen-bond donors (Lipinski definition) is 2. The first kappa shape index (κ1) is 24.1. The Morgan fingerprint density at radius 2 is 1.87 bits per heavy atom. The highest BCUT2D eigenvalue weighted by atomic mass is 19.4. The molecule has 1 aromatic heterocycles. The van der Waals surface area contributed by atoms with Crippen LogP contribution in [0, 0.1) is 0 Å². The Kier molecular flexibility index (Phi) is 6.96. The highest BCUT2D eigenvalue weighted by Gasteiger charge is 2.45. The summed E-state index contributed by atoms with van der Waals surface area (Å²) in [6.45, 7) is 0.861. The molecule has 3 heterocycles. The van der Waals surface area contributed by atoms with Crippen LogP contribution in [0.2, 0.25) is 0 Å². The topological polar surface area (TPSA) is 117 Å². The Morgan fingerprint density at radius 1 is 1.23 bits per heavy atom. The zero-order valence-corrected chi connectivity index (χ0v) is 15.9. The predicted octanol–water partition coefficient (Wildman–Crippen LogP) is 1.99. The summed E-state index contributed by atoms with van der Waals surface area (Å²) in [4.78, 5) is 35.0. The van der Waals surface area contributed by atoms with Gasteiger partial charge < -0.3 is 20.2 Å². The fourth-order valence-electron chi connectivity index (χ4n) is 2.98. The number of piperidine rings is 1. The summed E-state index contributed by atoms with van der Waals surface area (Å²) in [5.41, 5.74) is -1.40. The Hall–Kier alpha value is -3.13. The number of nitrogens with zero attached hydrogens (tertiary/aromatic N) is 4. The number of anilines is 1. The fraction of sp³-hybridized carbons (Fsp3) is 0.562. The average Bonchev–Trinajstić information content (AvgIpc) is 3.09. The molecule has 0 radical (unpaired) electrons. The van der Waals surface area contributed by atoms with E-state index in [0.29, 0.717) is 32.4 Å². The molecule has 0 aliphatic carbocycles. The number of carboxylic acids is 1. The summed E-state index contributed by atoms with van der Waals surface area (Å²) in [5.74, 6) is -2.88. The minimum absolute atomic E-state index is 0.188. The van der Waals surface area contributed by atoms with Gasteiger partial charge in [0.2, 0.25) is 0 Å².